The summed E-state index contributed by atoms with van der Waals surface area (Å²) in [6.07, 6.45) is 0. The van der Waals surface area contributed by atoms with E-state index < -0.39 is 27.2 Å². The van der Waals surface area contributed by atoms with Crippen molar-refractivity contribution in [1.29, 1.82) is 0 Å². The van der Waals surface area contributed by atoms with Crippen molar-refractivity contribution in [3.8, 4) is 5.75 Å². The molecule has 0 aliphatic rings. The Kier molecular flexibility index (Phi) is 10.7. The van der Waals surface area contributed by atoms with Gasteiger partial charge in [-0.25, -0.2) is 0 Å². The number of halogens is 2. The van der Waals surface area contributed by atoms with Crippen LogP contribution >= 0.6 is 17.0 Å². The van der Waals surface area contributed by atoms with Crippen LogP contribution < -0.4 is 4.74 Å². The van der Waals surface area contributed by atoms with E-state index in [1.165, 1.54) is 21.5 Å². The molecule has 4 aromatic carbocycles. The molecule has 0 saturated heterocycles. The SMILES string of the molecule is C[CH]=[Zr]([Cl])[Cl].C[Si](C)(C)OCOc1cc2ccccc2[cH-]1.c1ccc2[cH-]ccc2c1. The van der Waals surface area contributed by atoms with Crippen LogP contribution in [0.25, 0.3) is 21.5 Å². The summed E-state index contributed by atoms with van der Waals surface area (Å²) < 4.78 is 13.1. The molecule has 0 atom stereocenters. The summed E-state index contributed by atoms with van der Waals surface area (Å²) in [5.74, 6) is 0.888. The maximum absolute atomic E-state index is 5.65. The molecule has 4 rings (SSSR count). The van der Waals surface area contributed by atoms with Gasteiger partial charge in [0.25, 0.3) is 0 Å². The fourth-order valence-electron chi connectivity index (χ4n) is 2.55. The van der Waals surface area contributed by atoms with Crippen LogP contribution in [0, 0.1) is 0 Å². The van der Waals surface area contributed by atoms with Gasteiger partial charge in [-0.1, -0.05) is 12.1 Å². The van der Waals surface area contributed by atoms with Gasteiger partial charge in [0, 0.05) is 5.75 Å². The molecule has 0 spiro atoms. The first-order chi connectivity index (χ1) is 14.3. The van der Waals surface area contributed by atoms with Gasteiger partial charge in [-0.3, -0.25) is 0 Å². The van der Waals surface area contributed by atoms with Gasteiger partial charge in [-0.2, -0.15) is 17.5 Å². The van der Waals surface area contributed by atoms with Crippen molar-refractivity contribution in [3.05, 3.63) is 78.9 Å². The number of hydrogen-bond acceptors (Lipinski definition) is 2. The average Bonchev–Trinajstić information content (AvgIpc) is 3.34. The Morgan fingerprint density at radius 2 is 1.53 bits per heavy atom. The van der Waals surface area contributed by atoms with Gasteiger partial charge in [-0.15, -0.1) is 70.8 Å². The molecule has 0 saturated carbocycles. The van der Waals surface area contributed by atoms with E-state index in [2.05, 4.69) is 74.2 Å². The van der Waals surface area contributed by atoms with Gasteiger partial charge in [0.1, 0.15) is 0 Å². The predicted molar refractivity (Wildman–Crippen MR) is 132 cm³/mol. The van der Waals surface area contributed by atoms with Gasteiger partial charge < -0.3 is 9.16 Å². The molecule has 0 unspecified atom stereocenters. The van der Waals surface area contributed by atoms with Gasteiger partial charge in [0.05, 0.1) is 0 Å². The molecule has 0 fully saturated rings. The van der Waals surface area contributed by atoms with Gasteiger partial charge in [0.15, 0.2) is 15.1 Å². The van der Waals surface area contributed by atoms with E-state index in [1.54, 1.807) is 0 Å². The van der Waals surface area contributed by atoms with Crippen LogP contribution in [0.1, 0.15) is 6.92 Å². The summed E-state index contributed by atoms with van der Waals surface area (Å²) in [4.78, 5) is 0. The van der Waals surface area contributed by atoms with Gasteiger partial charge in [-0.05, 0) is 19.6 Å². The first-order valence-corrected chi connectivity index (χ1v) is 20.9. The van der Waals surface area contributed by atoms with E-state index in [9.17, 15) is 0 Å². The molecule has 30 heavy (non-hydrogen) atoms. The van der Waals surface area contributed by atoms with E-state index in [0.29, 0.717) is 6.79 Å². The monoisotopic (exact) mass is 536 g/mol. The van der Waals surface area contributed by atoms with Crippen LogP contribution in [0.15, 0.2) is 78.9 Å². The Morgan fingerprint density at radius 3 is 2.10 bits per heavy atom. The zero-order chi connectivity index (χ0) is 22.0. The second kappa shape index (κ2) is 12.7. The van der Waals surface area contributed by atoms with E-state index in [4.69, 9.17) is 26.2 Å². The van der Waals surface area contributed by atoms with Crippen molar-refractivity contribution in [3.63, 3.8) is 0 Å². The third kappa shape index (κ3) is 9.41. The smallest absolute Gasteiger partial charge is 0.188 e. The van der Waals surface area contributed by atoms with Crippen LogP contribution in [0.3, 0.4) is 0 Å². The molecule has 0 aromatic heterocycles. The maximum atomic E-state index is 5.65. The van der Waals surface area contributed by atoms with Crippen LogP contribution in [-0.4, -0.2) is 18.8 Å². The van der Waals surface area contributed by atoms with E-state index in [0.717, 1.165) is 5.75 Å². The number of ether oxygens (including phenoxy) is 1. The summed E-state index contributed by atoms with van der Waals surface area (Å²) in [6, 6.07) is 27.0. The van der Waals surface area contributed by atoms with Crippen molar-refractivity contribution in [2.24, 2.45) is 0 Å². The van der Waals surface area contributed by atoms with E-state index in [-0.39, 0.29) is 0 Å². The largest absolute Gasteiger partial charge is 0.489 e. The second-order valence-electron chi connectivity index (χ2n) is 7.57. The molecule has 0 aliphatic carbocycles. The van der Waals surface area contributed by atoms with E-state index in [1.807, 2.05) is 34.9 Å². The Hall–Kier alpha value is -1.03. The van der Waals surface area contributed by atoms with E-state index >= 15 is 0 Å². The Balaban J connectivity index is 0.000000191. The standard InChI is InChI=1S/C13H17O2Si.C9H7.C2H4.2ClH.Zr/c1-16(2,3)15-10-14-13-8-11-6-4-5-7-12(11)9-13;1-2-5-9-7-3-6-8(9)4-1;1-2;;;/h4-9H,10H2,1-3H3;1-7H;1H,2H3;2*1H;/q2*-1;;;;+2/p-2. The molecule has 0 N–H and O–H groups in total. The van der Waals surface area contributed by atoms with Gasteiger partial charge >= 0.3 is 46.5 Å². The first-order valence-electron chi connectivity index (χ1n) is 9.78. The minimum atomic E-state index is -1.76. The Labute approximate surface area is 195 Å². The summed E-state index contributed by atoms with van der Waals surface area (Å²) >= 11 is -1.76. The predicted octanol–water partition coefficient (Wildman–Crippen LogP) is 8.04. The normalized spacial score (nSPS) is 10.6. The maximum Gasteiger partial charge on any atom is 0.188 e. The molecule has 160 valence electrons. The minimum absolute atomic E-state index is 0.353. The zero-order valence-electron chi connectivity index (χ0n) is 17.9. The summed E-state index contributed by atoms with van der Waals surface area (Å²) in [5.41, 5.74) is 0. The van der Waals surface area contributed by atoms with Crippen LogP contribution in [0.4, 0.5) is 0 Å². The fraction of sp³-hybridized carbons (Fsp3) is 0.208. The summed E-state index contributed by atoms with van der Waals surface area (Å²) in [6.45, 7) is 8.70. The fourth-order valence-corrected chi connectivity index (χ4v) is 2.96. The van der Waals surface area contributed by atoms with Crippen LogP contribution in [0.2, 0.25) is 19.6 Å². The van der Waals surface area contributed by atoms with Crippen LogP contribution in [-0.2, 0) is 23.3 Å². The number of rotatable bonds is 4. The third-order valence-corrected chi connectivity index (χ3v) is 8.71. The van der Waals surface area contributed by atoms with Crippen molar-refractivity contribution in [2.75, 3.05) is 6.79 Å². The number of hydrogen-bond donors (Lipinski definition) is 0. The third-order valence-electron chi connectivity index (χ3n) is 4.07. The van der Waals surface area contributed by atoms with Gasteiger partial charge in [0.2, 0.25) is 0 Å². The van der Waals surface area contributed by atoms with Crippen molar-refractivity contribution >= 4 is 50.6 Å². The number of benzene rings is 2. The Bertz CT molecular complexity index is 996. The molecule has 2 nitrogen and oxygen atoms in total. The molecule has 0 amide bonds. The molecule has 0 radical (unpaired) electrons. The topological polar surface area (TPSA) is 18.5 Å². The molecular weight excluding hydrogens is 510 g/mol. The van der Waals surface area contributed by atoms with Crippen molar-refractivity contribution in [1.82, 2.24) is 0 Å². The average molecular weight is 539 g/mol. The summed E-state index contributed by atoms with van der Waals surface area (Å²) in [7, 11) is 9.26. The Morgan fingerprint density at radius 1 is 0.933 bits per heavy atom. The quantitative estimate of drug-likeness (QED) is 0.149. The molecule has 4 aromatic rings. The molecule has 0 aliphatic heterocycles. The molecule has 0 bridgehead atoms. The van der Waals surface area contributed by atoms with Crippen LogP contribution in [0.5, 0.6) is 5.75 Å². The zero-order valence-corrected chi connectivity index (χ0v) is 22.8. The summed E-state index contributed by atoms with van der Waals surface area (Å²) in [5, 5.41) is 5.09. The minimum Gasteiger partial charge on any atom is -0.489 e. The first kappa shape index (κ1) is 25.2. The number of fused-ring (bicyclic) bond motifs is 2. The molecule has 0 heterocycles. The molecule has 6 heteroatoms. The van der Waals surface area contributed by atoms with Crippen molar-refractivity contribution < 1.29 is 28.0 Å². The molecular formula is C24H28Cl2O2SiZr-2. The van der Waals surface area contributed by atoms with Crippen molar-refractivity contribution in [2.45, 2.75) is 26.6 Å². The second-order valence-corrected chi connectivity index (χ2v) is 20.9.